The first-order chi connectivity index (χ1) is 10.0. The molecular weight excluding hydrogens is 334 g/mol. The van der Waals surface area contributed by atoms with Crippen molar-refractivity contribution >= 4 is 15.9 Å². The van der Waals surface area contributed by atoms with Crippen LogP contribution in [0.15, 0.2) is 22.7 Å². The van der Waals surface area contributed by atoms with E-state index in [1.54, 1.807) is 0 Å². The molecule has 2 atom stereocenters. The minimum atomic E-state index is -0.767. The number of rotatable bonds is 7. The SMILES string of the molecule is CCCOc1ccc(Br)cc1CNCC1(O)CCOC1C. The normalized spacial score (nSPS) is 25.2. The molecule has 0 bridgehead atoms. The van der Waals surface area contributed by atoms with Crippen molar-refractivity contribution < 1.29 is 14.6 Å². The second kappa shape index (κ2) is 7.58. The molecule has 2 unspecified atom stereocenters. The monoisotopic (exact) mass is 357 g/mol. The standard InChI is InChI=1S/C16H24BrNO3/c1-3-7-21-15-5-4-14(17)9-13(15)10-18-11-16(19)6-8-20-12(16)2/h4-5,9,12,18-19H,3,6-8,10-11H2,1-2H3. The Morgan fingerprint density at radius 1 is 1.52 bits per heavy atom. The van der Waals surface area contributed by atoms with Gasteiger partial charge in [0.25, 0.3) is 0 Å². The Morgan fingerprint density at radius 2 is 2.33 bits per heavy atom. The van der Waals surface area contributed by atoms with Crippen molar-refractivity contribution in [3.63, 3.8) is 0 Å². The summed E-state index contributed by atoms with van der Waals surface area (Å²) in [6.45, 7) is 6.53. The maximum atomic E-state index is 10.5. The second-order valence-electron chi connectivity index (χ2n) is 5.57. The summed E-state index contributed by atoms with van der Waals surface area (Å²) in [7, 11) is 0. The fourth-order valence-electron chi connectivity index (χ4n) is 2.46. The lowest BCUT2D eigenvalue weighted by Gasteiger charge is -2.26. The number of aliphatic hydroxyl groups is 1. The molecule has 0 aromatic heterocycles. The van der Waals surface area contributed by atoms with E-state index in [0.29, 0.717) is 32.7 Å². The Kier molecular flexibility index (Phi) is 6.05. The number of hydrogen-bond acceptors (Lipinski definition) is 4. The van der Waals surface area contributed by atoms with Crippen LogP contribution in [0, 0.1) is 0 Å². The van der Waals surface area contributed by atoms with Gasteiger partial charge in [0.05, 0.1) is 12.7 Å². The average molecular weight is 358 g/mol. The number of hydrogen-bond donors (Lipinski definition) is 2. The molecule has 1 aliphatic rings. The minimum Gasteiger partial charge on any atom is -0.493 e. The molecule has 1 aliphatic heterocycles. The van der Waals surface area contributed by atoms with Crippen molar-refractivity contribution in [2.45, 2.75) is 44.9 Å². The van der Waals surface area contributed by atoms with Gasteiger partial charge in [-0.25, -0.2) is 0 Å². The van der Waals surface area contributed by atoms with E-state index < -0.39 is 5.60 Å². The van der Waals surface area contributed by atoms with E-state index in [1.807, 2.05) is 19.1 Å². The summed E-state index contributed by atoms with van der Waals surface area (Å²) in [6.07, 6.45) is 1.54. The molecule has 1 heterocycles. The smallest absolute Gasteiger partial charge is 0.123 e. The Labute approximate surface area is 135 Å². The topological polar surface area (TPSA) is 50.7 Å². The lowest BCUT2D eigenvalue weighted by Crippen LogP contribution is -2.45. The highest BCUT2D eigenvalue weighted by atomic mass is 79.9. The molecule has 0 spiro atoms. The quantitative estimate of drug-likeness (QED) is 0.787. The van der Waals surface area contributed by atoms with Gasteiger partial charge in [0.1, 0.15) is 11.4 Å². The third kappa shape index (κ3) is 4.42. The Bertz CT molecular complexity index is 469. The maximum Gasteiger partial charge on any atom is 0.123 e. The third-order valence-corrected chi connectivity index (χ3v) is 4.38. The van der Waals surface area contributed by atoms with Crippen LogP contribution in [0.1, 0.15) is 32.3 Å². The molecule has 0 saturated carbocycles. The highest BCUT2D eigenvalue weighted by Gasteiger charge is 2.38. The van der Waals surface area contributed by atoms with Crippen molar-refractivity contribution in [2.75, 3.05) is 19.8 Å². The number of nitrogens with one attached hydrogen (secondary N) is 1. The number of benzene rings is 1. The molecule has 0 amide bonds. The van der Waals surface area contributed by atoms with Crippen molar-refractivity contribution in [2.24, 2.45) is 0 Å². The molecule has 1 fully saturated rings. The Morgan fingerprint density at radius 3 is 3.00 bits per heavy atom. The van der Waals surface area contributed by atoms with Gasteiger partial charge in [-0.05, 0) is 31.5 Å². The van der Waals surface area contributed by atoms with Gasteiger partial charge < -0.3 is 19.9 Å². The summed E-state index contributed by atoms with van der Waals surface area (Å²) in [5, 5.41) is 13.8. The van der Waals surface area contributed by atoms with Crippen LogP contribution >= 0.6 is 15.9 Å². The van der Waals surface area contributed by atoms with Crippen LogP contribution in [0.5, 0.6) is 5.75 Å². The van der Waals surface area contributed by atoms with Gasteiger partial charge in [-0.15, -0.1) is 0 Å². The van der Waals surface area contributed by atoms with Crippen LogP contribution < -0.4 is 10.1 Å². The zero-order valence-corrected chi connectivity index (χ0v) is 14.3. The lowest BCUT2D eigenvalue weighted by atomic mass is 9.96. The molecule has 2 rings (SSSR count). The van der Waals surface area contributed by atoms with E-state index in [9.17, 15) is 5.11 Å². The zero-order chi connectivity index (χ0) is 15.3. The van der Waals surface area contributed by atoms with Gasteiger partial charge in [0.15, 0.2) is 0 Å². The largest absolute Gasteiger partial charge is 0.493 e. The van der Waals surface area contributed by atoms with Gasteiger partial charge in [-0.3, -0.25) is 0 Å². The third-order valence-electron chi connectivity index (χ3n) is 3.89. The first-order valence-corrected chi connectivity index (χ1v) is 8.30. The molecule has 1 aromatic rings. The molecule has 1 saturated heterocycles. The molecule has 2 N–H and O–H groups in total. The summed E-state index contributed by atoms with van der Waals surface area (Å²) in [5.74, 6) is 0.898. The van der Waals surface area contributed by atoms with Crippen molar-refractivity contribution in [3.8, 4) is 5.75 Å². The number of halogens is 1. The molecule has 5 heteroatoms. The van der Waals surface area contributed by atoms with E-state index in [4.69, 9.17) is 9.47 Å². The summed E-state index contributed by atoms with van der Waals surface area (Å²) < 4.78 is 12.2. The fraction of sp³-hybridized carbons (Fsp3) is 0.625. The Balaban J connectivity index is 1.94. The van der Waals surface area contributed by atoms with Gasteiger partial charge in [-0.1, -0.05) is 22.9 Å². The van der Waals surface area contributed by atoms with Crippen molar-refractivity contribution in [3.05, 3.63) is 28.2 Å². The first-order valence-electron chi connectivity index (χ1n) is 7.51. The van der Waals surface area contributed by atoms with E-state index in [2.05, 4.69) is 34.2 Å². The zero-order valence-electron chi connectivity index (χ0n) is 12.7. The summed E-state index contributed by atoms with van der Waals surface area (Å²) in [6, 6.07) is 6.01. The predicted molar refractivity (Wildman–Crippen MR) is 86.6 cm³/mol. The second-order valence-corrected chi connectivity index (χ2v) is 6.49. The first kappa shape index (κ1) is 16.7. The molecule has 0 radical (unpaired) electrons. The predicted octanol–water partition coefficient (Wildman–Crippen LogP) is 2.87. The highest BCUT2D eigenvalue weighted by Crippen LogP contribution is 2.26. The van der Waals surface area contributed by atoms with E-state index in [1.165, 1.54) is 0 Å². The molecule has 1 aromatic carbocycles. The molecule has 0 aliphatic carbocycles. The lowest BCUT2D eigenvalue weighted by molar-refractivity contribution is -0.0263. The van der Waals surface area contributed by atoms with Crippen LogP contribution in [0.25, 0.3) is 0 Å². The van der Waals surface area contributed by atoms with Crippen LogP contribution in [-0.4, -0.2) is 36.6 Å². The van der Waals surface area contributed by atoms with Crippen LogP contribution in [-0.2, 0) is 11.3 Å². The summed E-state index contributed by atoms with van der Waals surface area (Å²) in [5.41, 5.74) is 0.323. The molecular formula is C16H24BrNO3. The van der Waals surface area contributed by atoms with Gasteiger partial charge in [0.2, 0.25) is 0 Å². The van der Waals surface area contributed by atoms with Gasteiger partial charge in [-0.2, -0.15) is 0 Å². The summed E-state index contributed by atoms with van der Waals surface area (Å²) in [4.78, 5) is 0. The van der Waals surface area contributed by atoms with Gasteiger partial charge in [0, 0.05) is 36.2 Å². The minimum absolute atomic E-state index is 0.122. The highest BCUT2D eigenvalue weighted by molar-refractivity contribution is 9.10. The van der Waals surface area contributed by atoms with Crippen molar-refractivity contribution in [1.29, 1.82) is 0 Å². The van der Waals surface area contributed by atoms with Crippen LogP contribution in [0.2, 0.25) is 0 Å². The number of ether oxygens (including phenoxy) is 2. The summed E-state index contributed by atoms with van der Waals surface area (Å²) >= 11 is 3.49. The molecule has 4 nitrogen and oxygen atoms in total. The van der Waals surface area contributed by atoms with Crippen molar-refractivity contribution in [1.82, 2.24) is 5.32 Å². The van der Waals surface area contributed by atoms with E-state index in [0.717, 1.165) is 22.2 Å². The maximum absolute atomic E-state index is 10.5. The van der Waals surface area contributed by atoms with Gasteiger partial charge >= 0.3 is 0 Å². The molecule has 21 heavy (non-hydrogen) atoms. The average Bonchev–Trinajstić information content (AvgIpc) is 2.78. The van der Waals surface area contributed by atoms with E-state index >= 15 is 0 Å². The van der Waals surface area contributed by atoms with Crippen LogP contribution in [0.3, 0.4) is 0 Å². The van der Waals surface area contributed by atoms with Crippen LogP contribution in [0.4, 0.5) is 0 Å². The fourth-order valence-corrected chi connectivity index (χ4v) is 2.86. The van der Waals surface area contributed by atoms with E-state index in [-0.39, 0.29) is 6.10 Å². The molecule has 118 valence electrons. The Hall–Kier alpha value is -0.620.